The van der Waals surface area contributed by atoms with Gasteiger partial charge in [-0.2, -0.15) is 0 Å². The molecule has 5 atom stereocenters. The van der Waals surface area contributed by atoms with Crippen LogP contribution in [0.5, 0.6) is 11.5 Å². The van der Waals surface area contributed by atoms with Gasteiger partial charge in [-0.1, -0.05) is 0 Å². The number of aliphatic hydroxyl groups excluding tert-OH is 3. The molecule has 19 heavy (non-hydrogen) atoms. The molecule has 1 aromatic carbocycles. The summed E-state index contributed by atoms with van der Waals surface area (Å²) >= 11 is 0. The maximum absolute atomic E-state index is 9.75. The summed E-state index contributed by atoms with van der Waals surface area (Å²) in [5.41, 5.74) is 5.72. The van der Waals surface area contributed by atoms with Gasteiger partial charge in [0, 0.05) is 0 Å². The second kappa shape index (κ2) is 5.72. The van der Waals surface area contributed by atoms with Gasteiger partial charge in [0.05, 0.1) is 12.6 Å². The van der Waals surface area contributed by atoms with E-state index in [1.165, 1.54) is 24.3 Å². The van der Waals surface area contributed by atoms with Gasteiger partial charge in [-0.05, 0) is 24.3 Å². The van der Waals surface area contributed by atoms with Crippen LogP contribution in [-0.4, -0.2) is 57.7 Å². The Morgan fingerprint density at radius 2 is 1.79 bits per heavy atom. The van der Waals surface area contributed by atoms with Crippen molar-refractivity contribution in [2.24, 2.45) is 5.73 Å². The Morgan fingerprint density at radius 3 is 2.37 bits per heavy atom. The third-order valence-corrected chi connectivity index (χ3v) is 3.02. The lowest BCUT2D eigenvalue weighted by Crippen LogP contribution is -2.63. The van der Waals surface area contributed by atoms with Crippen molar-refractivity contribution in [2.75, 3.05) is 6.61 Å². The van der Waals surface area contributed by atoms with E-state index in [2.05, 4.69) is 0 Å². The number of aromatic hydroxyl groups is 1. The van der Waals surface area contributed by atoms with Crippen LogP contribution in [0.15, 0.2) is 24.3 Å². The molecule has 1 aliphatic heterocycles. The topological polar surface area (TPSA) is 125 Å². The third kappa shape index (κ3) is 2.96. The number of phenolic OH excluding ortho intramolecular Hbond substituents is 1. The fraction of sp³-hybridized carbons (Fsp3) is 0.500. The van der Waals surface area contributed by atoms with E-state index < -0.39 is 37.3 Å². The zero-order valence-corrected chi connectivity index (χ0v) is 10.1. The van der Waals surface area contributed by atoms with Crippen molar-refractivity contribution in [3.63, 3.8) is 0 Å². The molecular formula is C12H17NO6. The molecule has 0 saturated carbocycles. The number of benzene rings is 1. The van der Waals surface area contributed by atoms with Gasteiger partial charge in [0.25, 0.3) is 0 Å². The molecule has 106 valence electrons. The van der Waals surface area contributed by atoms with E-state index in [9.17, 15) is 10.2 Å². The van der Waals surface area contributed by atoms with Gasteiger partial charge in [0.15, 0.2) is 0 Å². The standard InChI is InChI=1S/C12H17NO6/c13-9-11(17)10(16)8(5-14)19-12(9)18-7-3-1-6(15)2-4-7/h1-4,8-12,14-17H,5,13H2/t8-,9-,10+,11-,12-/m0/s1. The summed E-state index contributed by atoms with van der Waals surface area (Å²) in [6, 6.07) is 4.93. The molecule has 1 aromatic rings. The molecule has 7 nitrogen and oxygen atoms in total. The lowest BCUT2D eigenvalue weighted by atomic mass is 9.98. The zero-order valence-electron chi connectivity index (χ0n) is 10.1. The van der Waals surface area contributed by atoms with Crippen molar-refractivity contribution < 1.29 is 29.9 Å². The van der Waals surface area contributed by atoms with Crippen LogP contribution in [0.2, 0.25) is 0 Å². The number of rotatable bonds is 3. The highest BCUT2D eigenvalue weighted by Crippen LogP contribution is 2.24. The van der Waals surface area contributed by atoms with E-state index in [1.54, 1.807) is 0 Å². The second-order valence-corrected chi connectivity index (χ2v) is 4.40. The van der Waals surface area contributed by atoms with Crippen LogP contribution in [-0.2, 0) is 4.74 Å². The fourth-order valence-electron chi connectivity index (χ4n) is 1.87. The number of hydrogen-bond acceptors (Lipinski definition) is 7. The number of hydrogen-bond donors (Lipinski definition) is 5. The highest BCUT2D eigenvalue weighted by atomic mass is 16.7. The van der Waals surface area contributed by atoms with E-state index in [4.69, 9.17) is 25.4 Å². The van der Waals surface area contributed by atoms with Gasteiger partial charge in [0.2, 0.25) is 6.29 Å². The van der Waals surface area contributed by atoms with Gasteiger partial charge >= 0.3 is 0 Å². The summed E-state index contributed by atoms with van der Waals surface area (Å²) in [5.74, 6) is 0.475. The van der Waals surface area contributed by atoms with Crippen LogP contribution >= 0.6 is 0 Å². The molecule has 1 aliphatic rings. The maximum Gasteiger partial charge on any atom is 0.218 e. The number of nitrogens with two attached hydrogens (primary N) is 1. The monoisotopic (exact) mass is 271 g/mol. The average molecular weight is 271 g/mol. The quantitative estimate of drug-likeness (QED) is 0.455. The first-order valence-electron chi connectivity index (χ1n) is 5.86. The van der Waals surface area contributed by atoms with Gasteiger partial charge in [-0.3, -0.25) is 0 Å². The Hall–Kier alpha value is -1.38. The normalized spacial score (nSPS) is 35.1. The van der Waals surface area contributed by atoms with Crippen molar-refractivity contribution >= 4 is 0 Å². The highest BCUT2D eigenvalue weighted by Gasteiger charge is 2.43. The van der Waals surface area contributed by atoms with E-state index in [1.807, 2.05) is 0 Å². The Bertz CT molecular complexity index is 409. The Morgan fingerprint density at radius 1 is 1.16 bits per heavy atom. The highest BCUT2D eigenvalue weighted by molar-refractivity contribution is 5.30. The zero-order chi connectivity index (χ0) is 14.0. The molecule has 0 spiro atoms. The maximum atomic E-state index is 9.75. The van der Waals surface area contributed by atoms with Crippen LogP contribution in [0.25, 0.3) is 0 Å². The minimum absolute atomic E-state index is 0.0879. The van der Waals surface area contributed by atoms with Crippen molar-refractivity contribution in [2.45, 2.75) is 30.6 Å². The van der Waals surface area contributed by atoms with Crippen LogP contribution in [0.1, 0.15) is 0 Å². The SMILES string of the molecule is N[C@@H]1[C@@H](Oc2ccc(O)cc2)O[C@@H](CO)[C@@H](O)[C@H]1O. The van der Waals surface area contributed by atoms with Crippen LogP contribution < -0.4 is 10.5 Å². The molecule has 0 amide bonds. The molecular weight excluding hydrogens is 254 g/mol. The Labute approximate surface area is 109 Å². The Kier molecular flexibility index (Phi) is 4.23. The summed E-state index contributed by atoms with van der Waals surface area (Å²) in [4.78, 5) is 0. The molecule has 1 saturated heterocycles. The summed E-state index contributed by atoms with van der Waals surface area (Å²) in [6.45, 7) is -0.458. The van der Waals surface area contributed by atoms with Gasteiger partial charge in [-0.25, -0.2) is 0 Å². The van der Waals surface area contributed by atoms with Crippen LogP contribution in [0.3, 0.4) is 0 Å². The minimum atomic E-state index is -1.26. The molecule has 0 radical (unpaired) electrons. The van der Waals surface area contributed by atoms with Crippen LogP contribution in [0, 0.1) is 0 Å². The third-order valence-electron chi connectivity index (χ3n) is 3.02. The van der Waals surface area contributed by atoms with E-state index in [-0.39, 0.29) is 5.75 Å². The fourth-order valence-corrected chi connectivity index (χ4v) is 1.87. The van der Waals surface area contributed by atoms with E-state index in [0.29, 0.717) is 5.75 Å². The molecule has 6 N–H and O–H groups in total. The molecule has 0 aromatic heterocycles. The predicted octanol–water partition coefficient (Wildman–Crippen LogP) is -1.46. The number of aliphatic hydroxyl groups is 3. The van der Waals surface area contributed by atoms with Crippen LogP contribution in [0.4, 0.5) is 0 Å². The summed E-state index contributed by atoms with van der Waals surface area (Å²) in [5, 5.41) is 37.6. The van der Waals surface area contributed by atoms with Gasteiger partial charge < -0.3 is 35.6 Å². The molecule has 1 fully saturated rings. The largest absolute Gasteiger partial charge is 0.508 e. The smallest absolute Gasteiger partial charge is 0.218 e. The van der Waals surface area contributed by atoms with Crippen molar-refractivity contribution in [3.05, 3.63) is 24.3 Å². The van der Waals surface area contributed by atoms with Crippen molar-refractivity contribution in [1.82, 2.24) is 0 Å². The molecule has 0 aliphatic carbocycles. The summed E-state index contributed by atoms with van der Waals surface area (Å²) < 4.78 is 10.7. The minimum Gasteiger partial charge on any atom is -0.508 e. The lowest BCUT2D eigenvalue weighted by Gasteiger charge is -2.40. The average Bonchev–Trinajstić information content (AvgIpc) is 2.42. The molecule has 1 heterocycles. The van der Waals surface area contributed by atoms with Crippen molar-refractivity contribution in [3.8, 4) is 11.5 Å². The summed E-state index contributed by atoms with van der Waals surface area (Å²) in [7, 11) is 0. The molecule has 0 bridgehead atoms. The second-order valence-electron chi connectivity index (χ2n) is 4.40. The first kappa shape index (κ1) is 14.0. The molecule has 0 unspecified atom stereocenters. The lowest BCUT2D eigenvalue weighted by molar-refractivity contribution is -0.239. The number of phenols is 1. The van der Waals surface area contributed by atoms with E-state index >= 15 is 0 Å². The summed E-state index contributed by atoms with van der Waals surface area (Å²) in [6.07, 6.45) is -4.48. The predicted molar refractivity (Wildman–Crippen MR) is 64.5 cm³/mol. The van der Waals surface area contributed by atoms with Crippen molar-refractivity contribution in [1.29, 1.82) is 0 Å². The first-order chi connectivity index (χ1) is 9.02. The van der Waals surface area contributed by atoms with Gasteiger partial charge in [0.1, 0.15) is 29.8 Å². The molecule has 7 heteroatoms. The van der Waals surface area contributed by atoms with Gasteiger partial charge in [-0.15, -0.1) is 0 Å². The Balaban J connectivity index is 2.08. The number of ether oxygens (including phenoxy) is 2. The first-order valence-corrected chi connectivity index (χ1v) is 5.86. The molecule has 2 rings (SSSR count). The van der Waals surface area contributed by atoms with E-state index in [0.717, 1.165) is 0 Å².